The van der Waals surface area contributed by atoms with E-state index in [1.165, 1.54) is 6.26 Å². The van der Waals surface area contributed by atoms with Crippen molar-refractivity contribution in [1.29, 1.82) is 0 Å². The first-order chi connectivity index (χ1) is 13.9. The Morgan fingerprint density at radius 3 is 2.62 bits per heavy atom. The Morgan fingerprint density at radius 2 is 1.90 bits per heavy atom. The zero-order valence-corrected chi connectivity index (χ0v) is 16.1. The average molecular weight is 395 g/mol. The largest absolute Gasteiger partial charge is 0.463 e. The molecule has 3 aromatic rings. The van der Waals surface area contributed by atoms with Gasteiger partial charge in [-0.3, -0.25) is 9.59 Å². The Hall–Kier alpha value is -3.68. The molecule has 0 saturated carbocycles. The van der Waals surface area contributed by atoms with Crippen LogP contribution in [0.5, 0.6) is 0 Å². The van der Waals surface area contributed by atoms with Crippen molar-refractivity contribution in [3.63, 3.8) is 0 Å². The minimum absolute atomic E-state index is 0.0273. The molecule has 0 radical (unpaired) electrons. The minimum atomic E-state index is -0.668. The lowest BCUT2D eigenvalue weighted by atomic mass is 10.1. The minimum Gasteiger partial charge on any atom is -0.463 e. The standard InChI is InChI=1S/C21H21N3O5/c1-13(2)23-19(25)11-22-20(26)12-29-21(27)15-10-17(18-8-5-9-28-18)24-16-7-4-3-6-14(15)16/h3-10,13H,11-12H2,1-2H3,(H,22,26)(H,23,25). The number of nitrogens with one attached hydrogen (secondary N) is 2. The number of carbonyl (C=O) groups excluding carboxylic acids is 3. The fraction of sp³-hybridized carbons (Fsp3) is 0.238. The van der Waals surface area contributed by atoms with Crippen LogP contribution in [0.15, 0.2) is 53.1 Å². The van der Waals surface area contributed by atoms with E-state index in [-0.39, 0.29) is 24.1 Å². The van der Waals surface area contributed by atoms with Crippen LogP contribution in [0, 0.1) is 0 Å². The highest BCUT2D eigenvalue weighted by atomic mass is 16.5. The molecule has 2 heterocycles. The Balaban J connectivity index is 1.70. The predicted octanol–water partition coefficient (Wildman–Crippen LogP) is 2.29. The van der Waals surface area contributed by atoms with E-state index < -0.39 is 18.5 Å². The Bertz CT molecular complexity index is 1030. The van der Waals surface area contributed by atoms with Crippen molar-refractivity contribution in [3.8, 4) is 11.5 Å². The van der Waals surface area contributed by atoms with Gasteiger partial charge in [0.25, 0.3) is 5.91 Å². The highest BCUT2D eigenvalue weighted by Crippen LogP contribution is 2.25. The first-order valence-electron chi connectivity index (χ1n) is 9.11. The quantitative estimate of drug-likeness (QED) is 0.594. The maximum atomic E-state index is 12.6. The van der Waals surface area contributed by atoms with Crippen molar-refractivity contribution >= 4 is 28.7 Å². The smallest absolute Gasteiger partial charge is 0.339 e. The Morgan fingerprint density at radius 1 is 1.10 bits per heavy atom. The summed E-state index contributed by atoms with van der Waals surface area (Å²) in [6.07, 6.45) is 1.52. The molecule has 150 valence electrons. The van der Waals surface area contributed by atoms with E-state index in [0.717, 1.165) is 0 Å². The number of aromatic nitrogens is 1. The number of fused-ring (bicyclic) bond motifs is 1. The van der Waals surface area contributed by atoms with Gasteiger partial charge in [-0.05, 0) is 38.1 Å². The molecular weight excluding hydrogens is 374 g/mol. The number of carbonyl (C=O) groups is 3. The molecule has 2 N–H and O–H groups in total. The highest BCUT2D eigenvalue weighted by Gasteiger charge is 2.17. The SMILES string of the molecule is CC(C)NC(=O)CNC(=O)COC(=O)c1cc(-c2ccco2)nc2ccccc12. The monoisotopic (exact) mass is 395 g/mol. The number of furan rings is 1. The maximum Gasteiger partial charge on any atom is 0.339 e. The van der Waals surface area contributed by atoms with E-state index in [0.29, 0.717) is 22.4 Å². The predicted molar refractivity (Wildman–Crippen MR) is 106 cm³/mol. The number of para-hydroxylation sites is 1. The highest BCUT2D eigenvalue weighted by molar-refractivity contribution is 6.05. The van der Waals surface area contributed by atoms with Crippen LogP contribution < -0.4 is 10.6 Å². The van der Waals surface area contributed by atoms with Crippen molar-refractivity contribution in [2.75, 3.05) is 13.2 Å². The van der Waals surface area contributed by atoms with Crippen molar-refractivity contribution in [2.24, 2.45) is 0 Å². The Labute approximate surface area is 167 Å². The summed E-state index contributed by atoms with van der Waals surface area (Å²) in [7, 11) is 0. The van der Waals surface area contributed by atoms with E-state index in [2.05, 4.69) is 15.6 Å². The van der Waals surface area contributed by atoms with Gasteiger partial charge in [0.15, 0.2) is 12.4 Å². The number of amides is 2. The molecule has 0 unspecified atom stereocenters. The number of esters is 1. The number of hydrogen-bond acceptors (Lipinski definition) is 6. The molecule has 0 aliphatic carbocycles. The molecule has 3 rings (SSSR count). The molecule has 0 aliphatic rings. The van der Waals surface area contributed by atoms with Crippen molar-refractivity contribution in [3.05, 3.63) is 54.3 Å². The summed E-state index contributed by atoms with van der Waals surface area (Å²) in [6, 6.07) is 12.1. The first-order valence-corrected chi connectivity index (χ1v) is 9.11. The van der Waals surface area contributed by atoms with Crippen LogP contribution in [0.25, 0.3) is 22.4 Å². The zero-order valence-electron chi connectivity index (χ0n) is 16.1. The first kappa shape index (κ1) is 20.1. The summed E-state index contributed by atoms with van der Waals surface area (Å²) in [5.74, 6) is -1.04. The van der Waals surface area contributed by atoms with Crippen LogP contribution >= 0.6 is 0 Å². The van der Waals surface area contributed by atoms with E-state index >= 15 is 0 Å². The van der Waals surface area contributed by atoms with Crippen LogP contribution in [0.4, 0.5) is 0 Å². The molecule has 0 bridgehead atoms. The lowest BCUT2D eigenvalue weighted by Gasteiger charge is -2.10. The topological polar surface area (TPSA) is 111 Å². The number of pyridine rings is 1. The van der Waals surface area contributed by atoms with Crippen LogP contribution in [0.2, 0.25) is 0 Å². The van der Waals surface area contributed by atoms with Gasteiger partial charge >= 0.3 is 5.97 Å². The van der Waals surface area contributed by atoms with Crippen molar-refractivity contribution in [2.45, 2.75) is 19.9 Å². The van der Waals surface area contributed by atoms with Gasteiger partial charge in [-0.1, -0.05) is 18.2 Å². The molecule has 2 aromatic heterocycles. The molecule has 0 aliphatic heterocycles. The van der Waals surface area contributed by atoms with Gasteiger partial charge in [-0.15, -0.1) is 0 Å². The third-order valence-electron chi connectivity index (χ3n) is 3.94. The summed E-state index contributed by atoms with van der Waals surface area (Å²) in [6.45, 7) is 2.95. The zero-order chi connectivity index (χ0) is 20.8. The second-order valence-corrected chi connectivity index (χ2v) is 6.62. The molecule has 2 amide bonds. The van der Waals surface area contributed by atoms with E-state index in [1.54, 1.807) is 36.4 Å². The van der Waals surface area contributed by atoms with E-state index in [1.807, 2.05) is 19.9 Å². The second kappa shape index (κ2) is 9.01. The number of benzene rings is 1. The fourth-order valence-electron chi connectivity index (χ4n) is 2.71. The molecule has 8 nitrogen and oxygen atoms in total. The molecule has 8 heteroatoms. The molecule has 0 spiro atoms. The van der Waals surface area contributed by atoms with Crippen LogP contribution in [-0.4, -0.2) is 42.0 Å². The van der Waals surface area contributed by atoms with Crippen molar-refractivity contribution in [1.82, 2.24) is 15.6 Å². The lowest BCUT2D eigenvalue weighted by Crippen LogP contribution is -2.41. The van der Waals surface area contributed by atoms with Gasteiger partial charge in [0.05, 0.1) is 23.9 Å². The van der Waals surface area contributed by atoms with Crippen molar-refractivity contribution < 1.29 is 23.5 Å². The van der Waals surface area contributed by atoms with Crippen LogP contribution in [0.1, 0.15) is 24.2 Å². The normalized spacial score (nSPS) is 10.7. The molecule has 0 atom stereocenters. The molecule has 1 aromatic carbocycles. The van der Waals surface area contributed by atoms with Crippen LogP contribution in [0.3, 0.4) is 0 Å². The van der Waals surface area contributed by atoms with Crippen LogP contribution in [-0.2, 0) is 14.3 Å². The summed E-state index contributed by atoms with van der Waals surface area (Å²) in [5, 5.41) is 5.66. The lowest BCUT2D eigenvalue weighted by molar-refractivity contribution is -0.128. The van der Waals surface area contributed by atoms with Gasteiger partial charge < -0.3 is 19.8 Å². The number of nitrogens with zero attached hydrogens (tertiary/aromatic N) is 1. The number of hydrogen-bond donors (Lipinski definition) is 2. The third-order valence-corrected chi connectivity index (χ3v) is 3.94. The molecule has 29 heavy (non-hydrogen) atoms. The van der Waals surface area contributed by atoms with Gasteiger partial charge in [-0.2, -0.15) is 0 Å². The van der Waals surface area contributed by atoms with Gasteiger partial charge in [0.1, 0.15) is 5.69 Å². The summed E-state index contributed by atoms with van der Waals surface area (Å²) >= 11 is 0. The number of ether oxygens (including phenoxy) is 1. The molecule has 0 fully saturated rings. The summed E-state index contributed by atoms with van der Waals surface area (Å²) < 4.78 is 10.5. The van der Waals surface area contributed by atoms with E-state index in [4.69, 9.17) is 9.15 Å². The second-order valence-electron chi connectivity index (χ2n) is 6.62. The van der Waals surface area contributed by atoms with Gasteiger partial charge in [-0.25, -0.2) is 9.78 Å². The summed E-state index contributed by atoms with van der Waals surface area (Å²) in [4.78, 5) is 40.6. The van der Waals surface area contributed by atoms with Gasteiger partial charge in [0.2, 0.25) is 5.91 Å². The summed E-state index contributed by atoms with van der Waals surface area (Å²) in [5.41, 5.74) is 1.35. The van der Waals surface area contributed by atoms with E-state index in [9.17, 15) is 14.4 Å². The molecule has 0 saturated heterocycles. The fourth-order valence-corrected chi connectivity index (χ4v) is 2.71. The van der Waals surface area contributed by atoms with Gasteiger partial charge in [0, 0.05) is 11.4 Å². The maximum absolute atomic E-state index is 12.6. The Kier molecular flexibility index (Phi) is 6.23. The third kappa shape index (κ3) is 5.19. The average Bonchev–Trinajstić information content (AvgIpc) is 3.24. The molecular formula is C21H21N3O5. The number of rotatable bonds is 7.